The van der Waals surface area contributed by atoms with Gasteiger partial charge < -0.3 is 10.1 Å². The minimum absolute atomic E-state index is 0.247. The van der Waals surface area contributed by atoms with Gasteiger partial charge in [-0.15, -0.1) is 0 Å². The Morgan fingerprint density at radius 2 is 1.90 bits per heavy atom. The molecule has 1 N–H and O–H groups in total. The molecule has 1 aromatic rings. The molecule has 1 aromatic heterocycles. The van der Waals surface area contributed by atoms with E-state index in [2.05, 4.69) is 10.3 Å². The van der Waals surface area contributed by atoms with Crippen LogP contribution in [0.4, 0.5) is 5.69 Å². The Morgan fingerprint density at radius 1 is 1.25 bits per heavy atom. The van der Waals surface area contributed by atoms with E-state index < -0.39 is 16.4 Å². The normalized spacial score (nSPS) is 33.9. The van der Waals surface area contributed by atoms with Gasteiger partial charge in [0, 0.05) is 23.5 Å². The van der Waals surface area contributed by atoms with Gasteiger partial charge in [-0.05, 0) is 31.9 Å². The summed E-state index contributed by atoms with van der Waals surface area (Å²) in [6.07, 6.45) is 4.47. The fourth-order valence-electron chi connectivity index (χ4n) is 3.41. The molecule has 1 saturated heterocycles. The van der Waals surface area contributed by atoms with Crippen LogP contribution in [0.3, 0.4) is 0 Å². The molecule has 3 rings (SSSR count). The summed E-state index contributed by atoms with van der Waals surface area (Å²) in [5, 5.41) is 2.84. The van der Waals surface area contributed by atoms with Crippen LogP contribution in [0.25, 0.3) is 0 Å². The van der Waals surface area contributed by atoms with E-state index in [1.54, 1.807) is 24.5 Å². The third kappa shape index (κ3) is 1.35. The number of anilines is 1. The van der Waals surface area contributed by atoms with Crippen molar-refractivity contribution >= 4 is 17.6 Å². The fraction of sp³-hybridized carbons (Fsp3) is 0.533. The average molecular weight is 274 g/mol. The van der Waals surface area contributed by atoms with Gasteiger partial charge in [-0.1, -0.05) is 13.8 Å². The summed E-state index contributed by atoms with van der Waals surface area (Å²) in [6, 6.07) is 3.43. The summed E-state index contributed by atoms with van der Waals surface area (Å²) < 4.78 is 5.53. The van der Waals surface area contributed by atoms with Crippen LogP contribution in [0.2, 0.25) is 0 Å². The zero-order valence-corrected chi connectivity index (χ0v) is 11.9. The molecule has 2 atom stereocenters. The molecule has 106 valence electrons. The fourth-order valence-corrected chi connectivity index (χ4v) is 3.41. The molecule has 0 spiro atoms. The summed E-state index contributed by atoms with van der Waals surface area (Å²) in [6.45, 7) is 5.78. The molecule has 0 radical (unpaired) electrons. The van der Waals surface area contributed by atoms with Gasteiger partial charge in [0.25, 0.3) is 5.91 Å². The highest BCUT2D eigenvalue weighted by Crippen LogP contribution is 2.65. The molecule has 5 nitrogen and oxygen atoms in total. The van der Waals surface area contributed by atoms with E-state index in [0.717, 1.165) is 0 Å². The smallest absolute Gasteiger partial charge is 0.313 e. The van der Waals surface area contributed by atoms with Gasteiger partial charge in [0.2, 0.25) is 0 Å². The number of hydrogen-bond donors (Lipinski definition) is 1. The van der Waals surface area contributed by atoms with Gasteiger partial charge >= 0.3 is 5.97 Å². The maximum atomic E-state index is 12.7. The monoisotopic (exact) mass is 274 g/mol. The minimum atomic E-state index is -1.07. The first-order valence-electron chi connectivity index (χ1n) is 6.78. The van der Waals surface area contributed by atoms with Gasteiger partial charge in [0.15, 0.2) is 5.60 Å². The van der Waals surface area contributed by atoms with Gasteiger partial charge in [0.05, 0.1) is 5.41 Å². The SMILES string of the molecule is CC12CCC(C(=O)Nc3ccncc3)(OC1=O)C2(C)C. The summed E-state index contributed by atoms with van der Waals surface area (Å²) >= 11 is 0. The number of ether oxygens (including phenoxy) is 1. The van der Waals surface area contributed by atoms with Gasteiger partial charge in [-0.3, -0.25) is 14.6 Å². The molecular formula is C15H18N2O3. The molecule has 2 heterocycles. The highest BCUT2D eigenvalue weighted by Gasteiger charge is 2.75. The molecule has 20 heavy (non-hydrogen) atoms. The van der Waals surface area contributed by atoms with Crippen molar-refractivity contribution in [2.45, 2.75) is 39.2 Å². The molecular weight excluding hydrogens is 256 g/mol. The number of carbonyl (C=O) groups is 2. The van der Waals surface area contributed by atoms with Crippen molar-refractivity contribution in [3.63, 3.8) is 0 Å². The van der Waals surface area contributed by atoms with E-state index in [9.17, 15) is 9.59 Å². The van der Waals surface area contributed by atoms with E-state index in [-0.39, 0.29) is 11.9 Å². The van der Waals surface area contributed by atoms with Crippen LogP contribution < -0.4 is 5.32 Å². The highest BCUT2D eigenvalue weighted by atomic mass is 16.6. The first kappa shape index (κ1) is 13.1. The first-order valence-corrected chi connectivity index (χ1v) is 6.78. The number of hydrogen-bond acceptors (Lipinski definition) is 4. The van der Waals surface area contributed by atoms with Crippen LogP contribution in [-0.2, 0) is 14.3 Å². The molecule has 1 amide bonds. The second-order valence-electron chi connectivity index (χ2n) is 6.36. The Kier molecular flexibility index (Phi) is 2.49. The van der Waals surface area contributed by atoms with Crippen LogP contribution in [0.5, 0.6) is 0 Å². The Hall–Kier alpha value is -1.91. The quantitative estimate of drug-likeness (QED) is 0.839. The molecule has 1 aliphatic heterocycles. The topological polar surface area (TPSA) is 68.3 Å². The van der Waals surface area contributed by atoms with E-state index in [0.29, 0.717) is 18.5 Å². The lowest BCUT2D eigenvalue weighted by Gasteiger charge is -2.35. The zero-order valence-electron chi connectivity index (χ0n) is 11.9. The van der Waals surface area contributed by atoms with Crippen molar-refractivity contribution in [3.05, 3.63) is 24.5 Å². The van der Waals surface area contributed by atoms with Crippen LogP contribution >= 0.6 is 0 Å². The molecule has 1 aliphatic carbocycles. The largest absolute Gasteiger partial charge is 0.448 e. The van der Waals surface area contributed by atoms with Crippen LogP contribution in [-0.4, -0.2) is 22.5 Å². The van der Waals surface area contributed by atoms with E-state index in [1.165, 1.54) is 0 Å². The lowest BCUT2D eigenvalue weighted by atomic mass is 9.66. The number of fused-ring (bicyclic) bond motifs is 2. The number of amides is 1. The van der Waals surface area contributed by atoms with Crippen LogP contribution in [0.1, 0.15) is 33.6 Å². The van der Waals surface area contributed by atoms with Crippen molar-refractivity contribution in [2.75, 3.05) is 5.32 Å². The minimum Gasteiger partial charge on any atom is -0.448 e. The maximum Gasteiger partial charge on any atom is 0.313 e. The van der Waals surface area contributed by atoms with Crippen molar-refractivity contribution in [1.82, 2.24) is 4.98 Å². The Balaban J connectivity index is 1.94. The number of pyridine rings is 1. The van der Waals surface area contributed by atoms with Gasteiger partial charge in [-0.25, -0.2) is 0 Å². The molecule has 0 aromatic carbocycles. The first-order chi connectivity index (χ1) is 9.33. The Bertz CT molecular complexity index is 584. The highest BCUT2D eigenvalue weighted by molar-refractivity contribution is 6.03. The molecule has 1 saturated carbocycles. The van der Waals surface area contributed by atoms with Crippen LogP contribution in [0, 0.1) is 10.8 Å². The molecule has 2 bridgehead atoms. The lowest BCUT2D eigenvalue weighted by Crippen LogP contribution is -2.50. The van der Waals surface area contributed by atoms with Crippen molar-refractivity contribution in [2.24, 2.45) is 10.8 Å². The van der Waals surface area contributed by atoms with E-state index >= 15 is 0 Å². The summed E-state index contributed by atoms with van der Waals surface area (Å²) in [5.74, 6) is -0.512. The summed E-state index contributed by atoms with van der Waals surface area (Å²) in [4.78, 5) is 28.7. The zero-order chi connectivity index (χ0) is 14.6. The second kappa shape index (κ2) is 3.81. The molecule has 2 unspecified atom stereocenters. The second-order valence-corrected chi connectivity index (χ2v) is 6.36. The summed E-state index contributed by atoms with van der Waals surface area (Å²) in [5.41, 5.74) is -1.51. The number of aromatic nitrogens is 1. The predicted molar refractivity (Wildman–Crippen MR) is 72.8 cm³/mol. The van der Waals surface area contributed by atoms with Crippen molar-refractivity contribution < 1.29 is 14.3 Å². The van der Waals surface area contributed by atoms with E-state index in [4.69, 9.17) is 4.74 Å². The number of carbonyl (C=O) groups excluding carboxylic acids is 2. The Morgan fingerprint density at radius 3 is 2.40 bits per heavy atom. The van der Waals surface area contributed by atoms with Gasteiger partial charge in [0.1, 0.15) is 0 Å². The standard InChI is InChI=1S/C15H18N2O3/c1-13(2)14(3)6-7-15(13,20-12(14)19)11(18)17-10-4-8-16-9-5-10/h4-5,8-9H,6-7H2,1-3H3,(H,16,17,18). The Labute approximate surface area is 117 Å². The number of esters is 1. The summed E-state index contributed by atoms with van der Waals surface area (Å²) in [7, 11) is 0. The third-order valence-electron chi connectivity index (χ3n) is 5.39. The van der Waals surface area contributed by atoms with Crippen molar-refractivity contribution in [1.29, 1.82) is 0 Å². The number of nitrogens with one attached hydrogen (secondary N) is 1. The number of rotatable bonds is 2. The lowest BCUT2D eigenvalue weighted by molar-refractivity contribution is -0.165. The third-order valence-corrected chi connectivity index (χ3v) is 5.39. The predicted octanol–water partition coefficient (Wildman–Crippen LogP) is 2.14. The molecule has 2 aliphatic rings. The molecule has 5 heteroatoms. The average Bonchev–Trinajstić information content (AvgIpc) is 2.70. The van der Waals surface area contributed by atoms with Crippen molar-refractivity contribution in [3.8, 4) is 0 Å². The maximum absolute atomic E-state index is 12.7. The molecule has 2 fully saturated rings. The van der Waals surface area contributed by atoms with Crippen LogP contribution in [0.15, 0.2) is 24.5 Å². The van der Waals surface area contributed by atoms with E-state index in [1.807, 2.05) is 20.8 Å². The number of nitrogens with zero attached hydrogens (tertiary/aromatic N) is 1. The van der Waals surface area contributed by atoms with Gasteiger partial charge in [-0.2, -0.15) is 0 Å².